The molecule has 94 valence electrons. The summed E-state index contributed by atoms with van der Waals surface area (Å²) in [6, 6.07) is 11.6. The number of hydrogen-bond acceptors (Lipinski definition) is 3. The normalized spacial score (nSPS) is 12.3. The van der Waals surface area contributed by atoms with Crippen molar-refractivity contribution in [1.29, 1.82) is 0 Å². The number of phenolic OH excluding ortho intramolecular Hbond substituents is 1. The Bertz CT molecular complexity index is 508. The highest BCUT2D eigenvalue weighted by Gasteiger charge is 2.08. The number of benzene rings is 1. The van der Waals surface area contributed by atoms with Crippen LogP contribution in [0.1, 0.15) is 29.8 Å². The summed E-state index contributed by atoms with van der Waals surface area (Å²) in [6.07, 6.45) is 1.87. The molecule has 0 amide bonds. The van der Waals surface area contributed by atoms with Crippen molar-refractivity contribution in [2.24, 2.45) is 0 Å². The number of phenols is 1. The molecule has 1 aromatic heterocycles. The van der Waals surface area contributed by atoms with Gasteiger partial charge in [0.15, 0.2) is 0 Å². The van der Waals surface area contributed by atoms with Gasteiger partial charge in [0.25, 0.3) is 0 Å². The van der Waals surface area contributed by atoms with Crippen molar-refractivity contribution in [2.75, 3.05) is 0 Å². The van der Waals surface area contributed by atoms with Crippen molar-refractivity contribution >= 4 is 0 Å². The molecule has 1 aromatic carbocycles. The smallest absolute Gasteiger partial charge is 0.120 e. The number of aromatic hydroxyl groups is 1. The van der Waals surface area contributed by atoms with Gasteiger partial charge in [-0.05, 0) is 31.5 Å². The third kappa shape index (κ3) is 3.08. The second kappa shape index (κ2) is 5.65. The molecule has 0 aliphatic heterocycles. The Morgan fingerprint density at radius 1 is 1.22 bits per heavy atom. The van der Waals surface area contributed by atoms with Crippen LogP contribution in [0.2, 0.25) is 0 Å². The maximum absolute atomic E-state index is 9.76. The molecule has 0 saturated heterocycles. The Balaban J connectivity index is 1.98. The molecule has 0 saturated carbocycles. The van der Waals surface area contributed by atoms with E-state index in [1.807, 2.05) is 44.3 Å². The molecular formula is C15H18N2O. The molecule has 0 spiro atoms. The first-order chi connectivity index (χ1) is 8.66. The number of hydrogen-bond donors (Lipinski definition) is 2. The largest absolute Gasteiger partial charge is 0.508 e. The van der Waals surface area contributed by atoms with Gasteiger partial charge >= 0.3 is 0 Å². The van der Waals surface area contributed by atoms with Gasteiger partial charge in [0.2, 0.25) is 0 Å². The topological polar surface area (TPSA) is 45.1 Å². The summed E-state index contributed by atoms with van der Waals surface area (Å²) in [5, 5.41) is 13.1. The van der Waals surface area contributed by atoms with Crippen molar-refractivity contribution in [1.82, 2.24) is 10.3 Å². The van der Waals surface area contributed by atoms with Crippen molar-refractivity contribution in [3.05, 3.63) is 59.4 Å². The number of aryl methyl sites for hydroxylation is 1. The summed E-state index contributed by atoms with van der Waals surface area (Å²) in [4.78, 5) is 4.26. The van der Waals surface area contributed by atoms with Crippen molar-refractivity contribution in [2.45, 2.75) is 26.4 Å². The van der Waals surface area contributed by atoms with Gasteiger partial charge in [-0.15, -0.1) is 0 Å². The molecule has 18 heavy (non-hydrogen) atoms. The molecule has 3 nitrogen and oxygen atoms in total. The summed E-state index contributed by atoms with van der Waals surface area (Å²) < 4.78 is 0. The first-order valence-corrected chi connectivity index (χ1v) is 6.09. The predicted molar refractivity (Wildman–Crippen MR) is 72.3 cm³/mol. The summed E-state index contributed by atoms with van der Waals surface area (Å²) in [5.74, 6) is 0.333. The lowest BCUT2D eigenvalue weighted by atomic mass is 10.1. The van der Waals surface area contributed by atoms with Crippen LogP contribution in [-0.2, 0) is 6.54 Å². The summed E-state index contributed by atoms with van der Waals surface area (Å²) in [7, 11) is 0. The monoisotopic (exact) mass is 242 g/mol. The predicted octanol–water partition coefficient (Wildman–Crippen LogP) is 2.95. The van der Waals surface area contributed by atoms with Crippen molar-refractivity contribution < 1.29 is 5.11 Å². The van der Waals surface area contributed by atoms with Gasteiger partial charge in [0, 0.05) is 30.0 Å². The van der Waals surface area contributed by atoms with Crippen LogP contribution in [-0.4, -0.2) is 10.1 Å². The molecule has 0 bridgehead atoms. The van der Waals surface area contributed by atoms with Crippen LogP contribution in [0.25, 0.3) is 0 Å². The Morgan fingerprint density at radius 3 is 2.67 bits per heavy atom. The third-order valence-corrected chi connectivity index (χ3v) is 2.99. The molecule has 0 aliphatic rings. The van der Waals surface area contributed by atoms with Crippen LogP contribution in [0, 0.1) is 6.92 Å². The van der Waals surface area contributed by atoms with Crippen molar-refractivity contribution in [3.63, 3.8) is 0 Å². The zero-order valence-corrected chi connectivity index (χ0v) is 10.7. The van der Waals surface area contributed by atoms with Crippen molar-refractivity contribution in [3.8, 4) is 5.75 Å². The van der Waals surface area contributed by atoms with Crippen LogP contribution in [0.15, 0.2) is 42.6 Å². The maximum atomic E-state index is 9.76. The second-order valence-corrected chi connectivity index (χ2v) is 4.47. The van der Waals surface area contributed by atoms with E-state index in [1.165, 1.54) is 0 Å². The van der Waals surface area contributed by atoms with Gasteiger partial charge in [0.1, 0.15) is 5.75 Å². The van der Waals surface area contributed by atoms with E-state index in [0.29, 0.717) is 5.75 Å². The van der Waals surface area contributed by atoms with Gasteiger partial charge in [-0.1, -0.05) is 24.3 Å². The number of para-hydroxylation sites is 1. The van der Waals surface area contributed by atoms with Crippen LogP contribution in [0.4, 0.5) is 0 Å². The number of aromatic nitrogens is 1. The Morgan fingerprint density at radius 2 is 2.00 bits per heavy atom. The van der Waals surface area contributed by atoms with E-state index in [4.69, 9.17) is 0 Å². The number of pyridine rings is 1. The van der Waals surface area contributed by atoms with Gasteiger partial charge in [-0.3, -0.25) is 4.98 Å². The molecule has 1 atom stereocenters. The van der Waals surface area contributed by atoms with Gasteiger partial charge in [0.05, 0.1) is 0 Å². The van der Waals surface area contributed by atoms with E-state index in [-0.39, 0.29) is 6.04 Å². The minimum atomic E-state index is 0.104. The van der Waals surface area contributed by atoms with E-state index in [2.05, 4.69) is 16.4 Å². The van der Waals surface area contributed by atoms with E-state index in [1.54, 1.807) is 6.07 Å². The molecule has 2 N–H and O–H groups in total. The van der Waals surface area contributed by atoms with Crippen LogP contribution in [0.3, 0.4) is 0 Å². The van der Waals surface area contributed by atoms with E-state index >= 15 is 0 Å². The van der Waals surface area contributed by atoms with Gasteiger partial charge in [-0.25, -0.2) is 0 Å². The standard InChI is InChI=1S/C15H18N2O/c1-11-7-8-13(9-16-11)10-17-12(2)14-5-3-4-6-15(14)18/h3-9,12,17-18H,10H2,1-2H3. The fourth-order valence-corrected chi connectivity index (χ4v) is 1.84. The Labute approximate surface area is 108 Å². The first-order valence-electron chi connectivity index (χ1n) is 6.09. The Hall–Kier alpha value is -1.87. The number of nitrogens with zero attached hydrogens (tertiary/aromatic N) is 1. The minimum absolute atomic E-state index is 0.104. The summed E-state index contributed by atoms with van der Waals surface area (Å²) in [6.45, 7) is 4.75. The molecular weight excluding hydrogens is 224 g/mol. The van der Waals surface area contributed by atoms with E-state index in [0.717, 1.165) is 23.4 Å². The number of rotatable bonds is 4. The maximum Gasteiger partial charge on any atom is 0.120 e. The molecule has 0 fully saturated rings. The molecule has 0 radical (unpaired) electrons. The molecule has 1 heterocycles. The lowest BCUT2D eigenvalue weighted by molar-refractivity contribution is 0.452. The summed E-state index contributed by atoms with van der Waals surface area (Å²) in [5.41, 5.74) is 3.08. The fourth-order valence-electron chi connectivity index (χ4n) is 1.84. The van der Waals surface area contributed by atoms with E-state index in [9.17, 15) is 5.11 Å². The lowest BCUT2D eigenvalue weighted by Crippen LogP contribution is -2.18. The highest BCUT2D eigenvalue weighted by Crippen LogP contribution is 2.23. The van der Waals surface area contributed by atoms with E-state index < -0.39 is 0 Å². The second-order valence-electron chi connectivity index (χ2n) is 4.47. The van der Waals surface area contributed by atoms with Crippen LogP contribution in [0.5, 0.6) is 5.75 Å². The molecule has 2 rings (SSSR count). The fraction of sp³-hybridized carbons (Fsp3) is 0.267. The van der Waals surface area contributed by atoms with Crippen LogP contribution >= 0.6 is 0 Å². The Kier molecular flexibility index (Phi) is 3.95. The summed E-state index contributed by atoms with van der Waals surface area (Å²) >= 11 is 0. The average Bonchev–Trinajstić information content (AvgIpc) is 2.38. The SMILES string of the molecule is Cc1ccc(CNC(C)c2ccccc2O)cn1. The third-order valence-electron chi connectivity index (χ3n) is 2.99. The number of nitrogens with one attached hydrogen (secondary N) is 1. The molecule has 3 heteroatoms. The molecule has 0 aliphatic carbocycles. The highest BCUT2D eigenvalue weighted by molar-refractivity contribution is 5.34. The zero-order valence-electron chi connectivity index (χ0n) is 10.7. The minimum Gasteiger partial charge on any atom is -0.508 e. The first kappa shape index (κ1) is 12.6. The zero-order chi connectivity index (χ0) is 13.0. The quantitative estimate of drug-likeness (QED) is 0.866. The average molecular weight is 242 g/mol. The molecule has 2 aromatic rings. The lowest BCUT2D eigenvalue weighted by Gasteiger charge is -2.15. The molecule has 1 unspecified atom stereocenters. The van der Waals surface area contributed by atoms with Gasteiger partial charge in [-0.2, -0.15) is 0 Å². The van der Waals surface area contributed by atoms with Crippen LogP contribution < -0.4 is 5.32 Å². The highest BCUT2D eigenvalue weighted by atomic mass is 16.3. The van der Waals surface area contributed by atoms with Gasteiger partial charge < -0.3 is 10.4 Å².